The predicted octanol–water partition coefficient (Wildman–Crippen LogP) is 4.74. The summed E-state index contributed by atoms with van der Waals surface area (Å²) in [6.07, 6.45) is 3.74. The van der Waals surface area contributed by atoms with Crippen LogP contribution in [0.15, 0.2) is 82.0 Å². The van der Waals surface area contributed by atoms with Crippen LogP contribution >= 0.6 is 0 Å². The molecule has 2 N–H and O–H groups in total. The Kier molecular flexibility index (Phi) is 6.46. The van der Waals surface area contributed by atoms with E-state index in [4.69, 9.17) is 8.83 Å². The van der Waals surface area contributed by atoms with Gasteiger partial charge in [-0.25, -0.2) is 4.98 Å². The molecular formula is C25H23N3O4. The topological polar surface area (TPSA) is 97.4 Å². The second-order valence-corrected chi connectivity index (χ2v) is 7.34. The van der Waals surface area contributed by atoms with E-state index in [2.05, 4.69) is 15.6 Å². The van der Waals surface area contributed by atoms with E-state index in [1.807, 2.05) is 31.2 Å². The summed E-state index contributed by atoms with van der Waals surface area (Å²) >= 11 is 0. The summed E-state index contributed by atoms with van der Waals surface area (Å²) in [6.45, 7) is 2.29. The number of aromatic nitrogens is 1. The van der Waals surface area contributed by atoms with E-state index in [0.29, 0.717) is 35.1 Å². The van der Waals surface area contributed by atoms with Crippen molar-refractivity contribution in [3.05, 3.63) is 95.9 Å². The number of rotatable bonds is 8. The molecule has 2 aromatic carbocycles. The molecule has 2 amide bonds. The quantitative estimate of drug-likeness (QED) is 0.421. The minimum absolute atomic E-state index is 0.177. The summed E-state index contributed by atoms with van der Waals surface area (Å²) in [6, 6.07) is 18.4. The number of para-hydroxylation sites is 1. The van der Waals surface area contributed by atoms with Gasteiger partial charge in [0.25, 0.3) is 5.91 Å². The Balaban J connectivity index is 1.33. The Hall–Kier alpha value is -4.13. The van der Waals surface area contributed by atoms with E-state index in [9.17, 15) is 9.59 Å². The Morgan fingerprint density at radius 2 is 1.81 bits per heavy atom. The van der Waals surface area contributed by atoms with Crippen LogP contribution in [0, 0.1) is 6.92 Å². The fourth-order valence-corrected chi connectivity index (χ4v) is 3.18. The van der Waals surface area contributed by atoms with Gasteiger partial charge in [0, 0.05) is 18.4 Å². The molecule has 2 aromatic heterocycles. The van der Waals surface area contributed by atoms with Crippen LogP contribution in [0.3, 0.4) is 0 Å². The lowest BCUT2D eigenvalue weighted by Crippen LogP contribution is -2.24. The zero-order valence-corrected chi connectivity index (χ0v) is 17.6. The van der Waals surface area contributed by atoms with Gasteiger partial charge in [0.05, 0.1) is 30.3 Å². The van der Waals surface area contributed by atoms with Gasteiger partial charge in [-0.3, -0.25) is 9.59 Å². The third kappa shape index (κ3) is 5.31. The number of hydrogen-bond donors (Lipinski definition) is 2. The molecule has 0 radical (unpaired) electrons. The normalized spacial score (nSPS) is 10.7. The van der Waals surface area contributed by atoms with Gasteiger partial charge in [-0.2, -0.15) is 0 Å². The zero-order chi connectivity index (χ0) is 22.3. The van der Waals surface area contributed by atoms with Gasteiger partial charge in [-0.1, -0.05) is 42.0 Å². The number of carbonyl (C=O) groups is 2. The fraction of sp³-hybridized carbons (Fsp3) is 0.160. The summed E-state index contributed by atoms with van der Waals surface area (Å²) in [4.78, 5) is 29.3. The number of benzene rings is 2. The van der Waals surface area contributed by atoms with Gasteiger partial charge in [-0.05, 0) is 31.2 Å². The fourth-order valence-electron chi connectivity index (χ4n) is 3.18. The van der Waals surface area contributed by atoms with Crippen molar-refractivity contribution in [3.63, 3.8) is 0 Å². The SMILES string of the molecule is Cc1ccc(-c2cnc(CCC(=O)Nc3ccccc3C(=O)NCc3ccco3)o2)cc1. The van der Waals surface area contributed by atoms with Crippen molar-refractivity contribution in [1.82, 2.24) is 10.3 Å². The number of anilines is 1. The number of oxazole rings is 1. The number of nitrogens with one attached hydrogen (secondary N) is 2. The van der Waals surface area contributed by atoms with Crippen LogP contribution in [0.4, 0.5) is 5.69 Å². The van der Waals surface area contributed by atoms with Crippen LogP contribution in [-0.2, 0) is 17.8 Å². The molecule has 32 heavy (non-hydrogen) atoms. The smallest absolute Gasteiger partial charge is 0.253 e. The highest BCUT2D eigenvalue weighted by molar-refractivity contribution is 6.03. The molecule has 0 saturated carbocycles. The number of furan rings is 1. The molecule has 0 spiro atoms. The first kappa shape index (κ1) is 21.1. The minimum atomic E-state index is -0.298. The Labute approximate surface area is 185 Å². The molecule has 0 saturated heterocycles. The lowest BCUT2D eigenvalue weighted by molar-refractivity contribution is -0.116. The van der Waals surface area contributed by atoms with Crippen LogP contribution in [0.1, 0.15) is 34.0 Å². The Bertz CT molecular complexity index is 1190. The van der Waals surface area contributed by atoms with Crippen molar-refractivity contribution in [2.75, 3.05) is 5.32 Å². The maximum atomic E-state index is 12.6. The molecule has 0 bridgehead atoms. The molecule has 0 aliphatic rings. The predicted molar refractivity (Wildman–Crippen MR) is 120 cm³/mol. The third-order valence-electron chi connectivity index (χ3n) is 4.90. The zero-order valence-electron chi connectivity index (χ0n) is 17.6. The van der Waals surface area contributed by atoms with E-state index >= 15 is 0 Å². The Morgan fingerprint density at radius 3 is 2.59 bits per heavy atom. The molecule has 4 aromatic rings. The third-order valence-corrected chi connectivity index (χ3v) is 4.90. The van der Waals surface area contributed by atoms with Crippen LogP contribution in [-0.4, -0.2) is 16.8 Å². The molecule has 0 aliphatic heterocycles. The van der Waals surface area contributed by atoms with Crippen molar-refractivity contribution in [2.45, 2.75) is 26.3 Å². The molecule has 0 aliphatic carbocycles. The maximum Gasteiger partial charge on any atom is 0.253 e. The van der Waals surface area contributed by atoms with Crippen LogP contribution in [0.2, 0.25) is 0 Å². The number of carbonyl (C=O) groups excluding carboxylic acids is 2. The van der Waals surface area contributed by atoms with Crippen molar-refractivity contribution in [1.29, 1.82) is 0 Å². The number of hydrogen-bond acceptors (Lipinski definition) is 5. The van der Waals surface area contributed by atoms with E-state index in [1.165, 1.54) is 5.56 Å². The maximum absolute atomic E-state index is 12.6. The van der Waals surface area contributed by atoms with Crippen molar-refractivity contribution < 1.29 is 18.4 Å². The lowest BCUT2D eigenvalue weighted by Gasteiger charge is -2.10. The van der Waals surface area contributed by atoms with Gasteiger partial charge < -0.3 is 19.5 Å². The van der Waals surface area contributed by atoms with E-state index in [0.717, 1.165) is 5.56 Å². The molecule has 0 atom stereocenters. The van der Waals surface area contributed by atoms with E-state index < -0.39 is 0 Å². The summed E-state index contributed by atoms with van der Waals surface area (Å²) in [5, 5.41) is 5.59. The van der Waals surface area contributed by atoms with Gasteiger partial charge >= 0.3 is 0 Å². The number of nitrogens with zero attached hydrogens (tertiary/aromatic N) is 1. The highest BCUT2D eigenvalue weighted by Crippen LogP contribution is 2.21. The van der Waals surface area contributed by atoms with Crippen molar-refractivity contribution in [3.8, 4) is 11.3 Å². The van der Waals surface area contributed by atoms with Gasteiger partial charge in [0.2, 0.25) is 5.91 Å². The van der Waals surface area contributed by atoms with Crippen LogP contribution < -0.4 is 10.6 Å². The second-order valence-electron chi connectivity index (χ2n) is 7.34. The highest BCUT2D eigenvalue weighted by atomic mass is 16.4. The molecule has 7 nitrogen and oxygen atoms in total. The molecular weight excluding hydrogens is 406 g/mol. The summed E-state index contributed by atoms with van der Waals surface area (Å²) in [7, 11) is 0. The van der Waals surface area contributed by atoms with Crippen molar-refractivity contribution >= 4 is 17.5 Å². The molecule has 4 rings (SSSR count). The van der Waals surface area contributed by atoms with Crippen LogP contribution in [0.5, 0.6) is 0 Å². The van der Waals surface area contributed by atoms with E-state index in [1.54, 1.807) is 48.9 Å². The first-order valence-corrected chi connectivity index (χ1v) is 10.3. The molecule has 0 fully saturated rings. The first-order valence-electron chi connectivity index (χ1n) is 10.3. The van der Waals surface area contributed by atoms with Crippen molar-refractivity contribution in [2.24, 2.45) is 0 Å². The molecule has 2 heterocycles. The monoisotopic (exact) mass is 429 g/mol. The first-order chi connectivity index (χ1) is 15.6. The summed E-state index contributed by atoms with van der Waals surface area (Å²) in [5.74, 6) is 1.27. The molecule has 0 unspecified atom stereocenters. The van der Waals surface area contributed by atoms with E-state index in [-0.39, 0.29) is 24.8 Å². The average molecular weight is 429 g/mol. The minimum Gasteiger partial charge on any atom is -0.467 e. The number of aryl methyl sites for hydroxylation is 2. The van der Waals surface area contributed by atoms with Gasteiger partial charge in [0.1, 0.15) is 5.76 Å². The largest absolute Gasteiger partial charge is 0.467 e. The second kappa shape index (κ2) is 9.78. The van der Waals surface area contributed by atoms with Gasteiger partial charge in [-0.15, -0.1) is 0 Å². The summed E-state index contributed by atoms with van der Waals surface area (Å²) in [5.41, 5.74) is 2.93. The van der Waals surface area contributed by atoms with Gasteiger partial charge in [0.15, 0.2) is 11.7 Å². The lowest BCUT2D eigenvalue weighted by atomic mass is 10.1. The molecule has 162 valence electrons. The average Bonchev–Trinajstić information content (AvgIpc) is 3.49. The standard InChI is InChI=1S/C25H23N3O4/c1-17-8-10-18(11-9-17)22-16-26-24(32-22)13-12-23(29)28-21-7-3-2-6-20(21)25(30)27-15-19-5-4-14-31-19/h2-11,14,16H,12-13,15H2,1H3,(H,27,30)(H,28,29). The highest BCUT2D eigenvalue weighted by Gasteiger charge is 2.14. The van der Waals surface area contributed by atoms with Crippen LogP contribution in [0.25, 0.3) is 11.3 Å². The molecule has 7 heteroatoms. The Morgan fingerprint density at radius 1 is 1.00 bits per heavy atom. The summed E-state index contributed by atoms with van der Waals surface area (Å²) < 4.78 is 11.0. The number of amides is 2.